The molecule has 5 rings (SSSR count). The van der Waals surface area contributed by atoms with E-state index < -0.39 is 0 Å². The minimum atomic E-state index is -0.264. The molecule has 0 aromatic heterocycles. The van der Waals surface area contributed by atoms with Gasteiger partial charge in [0.2, 0.25) is 0 Å². The lowest BCUT2D eigenvalue weighted by atomic mass is 9.84. The maximum atomic E-state index is 13.7. The Hall–Kier alpha value is -3.38. The van der Waals surface area contributed by atoms with Crippen molar-refractivity contribution in [2.45, 2.75) is 38.3 Å². The summed E-state index contributed by atoms with van der Waals surface area (Å²) in [5.41, 5.74) is 3.77. The van der Waals surface area contributed by atoms with Crippen molar-refractivity contribution in [1.29, 1.82) is 0 Å². The van der Waals surface area contributed by atoms with Gasteiger partial charge in [0, 0.05) is 30.6 Å². The van der Waals surface area contributed by atoms with E-state index in [0.717, 1.165) is 48.5 Å². The van der Waals surface area contributed by atoms with Crippen molar-refractivity contribution >= 4 is 5.91 Å². The molecule has 3 atom stereocenters. The van der Waals surface area contributed by atoms with Crippen molar-refractivity contribution in [3.63, 3.8) is 0 Å². The van der Waals surface area contributed by atoms with Crippen LogP contribution in [0.4, 0.5) is 4.39 Å². The normalized spacial score (nSPS) is 21.6. The maximum Gasteiger partial charge on any atom is 0.254 e. The lowest BCUT2D eigenvalue weighted by Gasteiger charge is -2.42. The summed E-state index contributed by atoms with van der Waals surface area (Å²) in [6, 6.07) is 22.6. The molecule has 0 spiro atoms. The molecular weight excluding hydrogens is 467 g/mol. The van der Waals surface area contributed by atoms with E-state index in [1.54, 1.807) is 6.07 Å². The van der Waals surface area contributed by atoms with Crippen LogP contribution in [-0.2, 0) is 6.42 Å². The second-order valence-corrected chi connectivity index (χ2v) is 10.3. The first kappa shape index (κ1) is 25.3. The van der Waals surface area contributed by atoms with E-state index in [2.05, 4.69) is 11.8 Å². The number of likely N-dealkylation sites (tertiary alicyclic amines) is 1. The number of amides is 1. The van der Waals surface area contributed by atoms with E-state index >= 15 is 0 Å². The third-order valence-electron chi connectivity index (χ3n) is 7.60. The summed E-state index contributed by atoms with van der Waals surface area (Å²) in [6.07, 6.45) is 2.36. The quantitative estimate of drug-likeness (QED) is 0.434. The first-order valence-electron chi connectivity index (χ1n) is 13.2. The van der Waals surface area contributed by atoms with Gasteiger partial charge in [0.05, 0.1) is 19.3 Å². The third-order valence-corrected chi connectivity index (χ3v) is 7.60. The molecule has 37 heavy (non-hydrogen) atoms. The number of alkyl halides is 1. The third kappa shape index (κ3) is 5.64. The fourth-order valence-electron chi connectivity index (χ4n) is 5.74. The monoisotopic (exact) mass is 502 g/mol. The number of benzene rings is 3. The standard InChI is InChI=1S/C31H35FN2O3/c1-22-18-26-19-27(35)10-13-29(26)30(34(22)31(36)25-6-3-2-4-7-25)24-8-11-28(12-9-24)37-21-23-14-17-33(20-23)16-5-15-32/h2-4,6-13,19,22-23,30,35H,5,14-18,20-21H2,1H3/t22?,23-,30?/m0/s1. The first-order valence-corrected chi connectivity index (χ1v) is 13.2. The molecule has 1 amide bonds. The summed E-state index contributed by atoms with van der Waals surface area (Å²) in [5.74, 6) is 1.50. The molecule has 2 heterocycles. The largest absolute Gasteiger partial charge is 0.508 e. The second-order valence-electron chi connectivity index (χ2n) is 10.3. The van der Waals surface area contributed by atoms with Gasteiger partial charge in [-0.05, 0) is 85.8 Å². The predicted octanol–water partition coefficient (Wildman–Crippen LogP) is 5.63. The summed E-state index contributed by atoms with van der Waals surface area (Å²) < 4.78 is 18.6. The van der Waals surface area contributed by atoms with Gasteiger partial charge >= 0.3 is 0 Å². The van der Waals surface area contributed by atoms with Gasteiger partial charge in [0.1, 0.15) is 11.5 Å². The smallest absolute Gasteiger partial charge is 0.254 e. The number of nitrogens with zero attached hydrogens (tertiary/aromatic N) is 2. The topological polar surface area (TPSA) is 53.0 Å². The molecule has 1 N–H and O–H groups in total. The maximum absolute atomic E-state index is 13.7. The second kappa shape index (κ2) is 11.3. The van der Waals surface area contributed by atoms with E-state index in [4.69, 9.17) is 4.74 Å². The highest BCUT2D eigenvalue weighted by molar-refractivity contribution is 5.95. The number of phenolic OH excluding ortho intramolecular Hbond substituents is 1. The summed E-state index contributed by atoms with van der Waals surface area (Å²) in [6.45, 7) is 5.23. The molecule has 194 valence electrons. The molecular formula is C31H35FN2O3. The number of ether oxygens (including phenoxy) is 1. The fourth-order valence-corrected chi connectivity index (χ4v) is 5.74. The molecule has 0 bridgehead atoms. The van der Waals surface area contributed by atoms with Gasteiger partial charge in [-0.1, -0.05) is 36.4 Å². The number of phenols is 1. The van der Waals surface area contributed by atoms with Crippen molar-refractivity contribution in [1.82, 2.24) is 9.80 Å². The number of rotatable bonds is 8. The van der Waals surface area contributed by atoms with Crippen LogP contribution in [0.15, 0.2) is 72.8 Å². The van der Waals surface area contributed by atoms with Gasteiger partial charge in [0.15, 0.2) is 0 Å². The number of halogens is 1. The Morgan fingerprint density at radius 2 is 1.86 bits per heavy atom. The molecule has 2 aliphatic rings. The van der Waals surface area contributed by atoms with Crippen LogP contribution in [0.25, 0.3) is 0 Å². The molecule has 0 saturated carbocycles. The summed E-state index contributed by atoms with van der Waals surface area (Å²) in [4.78, 5) is 18.0. The van der Waals surface area contributed by atoms with Gasteiger partial charge in [-0.2, -0.15) is 0 Å². The van der Waals surface area contributed by atoms with Crippen LogP contribution in [0.3, 0.4) is 0 Å². The SMILES string of the molecule is CC1Cc2cc(O)ccc2C(c2ccc(OC[C@H]3CCN(CCCF)C3)cc2)N1C(=O)c1ccccc1. The summed E-state index contributed by atoms with van der Waals surface area (Å²) in [7, 11) is 0. The van der Waals surface area contributed by atoms with Crippen LogP contribution in [0.5, 0.6) is 11.5 Å². The lowest BCUT2D eigenvalue weighted by molar-refractivity contribution is 0.0603. The van der Waals surface area contributed by atoms with Crippen LogP contribution >= 0.6 is 0 Å². The highest BCUT2D eigenvalue weighted by Crippen LogP contribution is 2.40. The average molecular weight is 503 g/mol. The van der Waals surface area contributed by atoms with E-state index in [9.17, 15) is 14.3 Å². The Labute approximate surface area is 218 Å². The fraction of sp³-hybridized carbons (Fsp3) is 0.387. The Kier molecular flexibility index (Phi) is 7.75. The molecule has 2 unspecified atom stereocenters. The Balaban J connectivity index is 1.36. The van der Waals surface area contributed by atoms with Gasteiger partial charge in [-0.3, -0.25) is 9.18 Å². The predicted molar refractivity (Wildman–Crippen MR) is 143 cm³/mol. The molecule has 6 heteroatoms. The average Bonchev–Trinajstić information content (AvgIpc) is 3.38. The van der Waals surface area contributed by atoms with Crippen LogP contribution in [0.1, 0.15) is 52.9 Å². The van der Waals surface area contributed by atoms with Crippen LogP contribution in [-0.4, -0.2) is 59.8 Å². The molecule has 5 nitrogen and oxygen atoms in total. The van der Waals surface area contributed by atoms with E-state index in [1.807, 2.05) is 71.6 Å². The van der Waals surface area contributed by atoms with Gasteiger partial charge < -0.3 is 19.6 Å². The zero-order chi connectivity index (χ0) is 25.8. The molecule has 3 aromatic rings. The van der Waals surface area contributed by atoms with Crippen molar-refractivity contribution in [3.8, 4) is 11.5 Å². The number of aromatic hydroxyl groups is 1. The van der Waals surface area contributed by atoms with Crippen LogP contribution in [0.2, 0.25) is 0 Å². The Morgan fingerprint density at radius 3 is 2.62 bits per heavy atom. The van der Waals surface area contributed by atoms with Gasteiger partial charge in [-0.25, -0.2) is 0 Å². The van der Waals surface area contributed by atoms with E-state index in [1.165, 1.54) is 0 Å². The molecule has 1 saturated heterocycles. The first-order chi connectivity index (χ1) is 18.0. The van der Waals surface area contributed by atoms with Crippen LogP contribution in [0, 0.1) is 5.92 Å². The van der Waals surface area contributed by atoms with Gasteiger partial charge in [0.25, 0.3) is 5.91 Å². The summed E-state index contributed by atoms with van der Waals surface area (Å²) >= 11 is 0. The number of carbonyl (C=O) groups is 1. The van der Waals surface area contributed by atoms with Crippen LogP contribution < -0.4 is 4.74 Å². The van der Waals surface area contributed by atoms with E-state index in [0.29, 0.717) is 30.9 Å². The molecule has 0 radical (unpaired) electrons. The van der Waals surface area contributed by atoms with Crippen molar-refractivity contribution in [2.24, 2.45) is 5.92 Å². The Bertz CT molecular complexity index is 1200. The molecule has 0 aliphatic carbocycles. The number of hydrogen-bond acceptors (Lipinski definition) is 4. The number of hydrogen-bond donors (Lipinski definition) is 1. The van der Waals surface area contributed by atoms with Crippen molar-refractivity contribution in [2.75, 3.05) is 32.9 Å². The number of fused-ring (bicyclic) bond motifs is 1. The zero-order valence-corrected chi connectivity index (χ0v) is 21.4. The molecule has 2 aliphatic heterocycles. The summed E-state index contributed by atoms with van der Waals surface area (Å²) in [5, 5.41) is 10.1. The van der Waals surface area contributed by atoms with Crippen molar-refractivity contribution in [3.05, 3.63) is 95.1 Å². The Morgan fingerprint density at radius 1 is 1.08 bits per heavy atom. The zero-order valence-electron chi connectivity index (χ0n) is 21.4. The minimum absolute atomic E-state index is 0.00398. The highest BCUT2D eigenvalue weighted by Gasteiger charge is 2.37. The molecule has 1 fully saturated rings. The van der Waals surface area contributed by atoms with E-state index in [-0.39, 0.29) is 30.4 Å². The minimum Gasteiger partial charge on any atom is -0.508 e. The molecule has 3 aromatic carbocycles. The highest BCUT2D eigenvalue weighted by atomic mass is 19.1. The van der Waals surface area contributed by atoms with Crippen molar-refractivity contribution < 1.29 is 19.0 Å². The van der Waals surface area contributed by atoms with Gasteiger partial charge in [-0.15, -0.1) is 0 Å². The lowest BCUT2D eigenvalue weighted by Crippen LogP contribution is -2.46. The number of carbonyl (C=O) groups excluding carboxylic acids is 1.